The minimum Gasteiger partial charge on any atom is -0.490 e. The number of hydrogen-bond acceptors (Lipinski definition) is 5. The predicted octanol–water partition coefficient (Wildman–Crippen LogP) is 4.55. The topological polar surface area (TPSA) is 98.1 Å². The van der Waals surface area contributed by atoms with Crippen LogP contribution in [0.25, 0.3) is 10.9 Å². The molecule has 1 aromatic heterocycles. The third-order valence-corrected chi connectivity index (χ3v) is 6.65. The first-order chi connectivity index (χ1) is 17.0. The molecule has 0 aliphatic carbocycles. The first-order valence-corrected chi connectivity index (χ1v) is 12.5. The highest BCUT2D eigenvalue weighted by atomic mass is 32.2. The van der Waals surface area contributed by atoms with E-state index in [1.807, 2.05) is 50.4 Å². The van der Waals surface area contributed by atoms with Gasteiger partial charge in [0.1, 0.15) is 11.8 Å². The third kappa shape index (κ3) is 5.89. The number of para-hydroxylation sites is 1. The molecule has 1 aliphatic rings. The highest BCUT2D eigenvalue weighted by molar-refractivity contribution is 8.03. The Balaban J connectivity index is 1.58. The highest BCUT2D eigenvalue weighted by Gasteiger charge is 2.20. The lowest BCUT2D eigenvalue weighted by atomic mass is 10.0. The van der Waals surface area contributed by atoms with Gasteiger partial charge < -0.3 is 20.1 Å². The van der Waals surface area contributed by atoms with E-state index in [4.69, 9.17) is 4.74 Å². The van der Waals surface area contributed by atoms with Gasteiger partial charge in [-0.3, -0.25) is 4.79 Å². The molecule has 0 bridgehead atoms. The maximum absolute atomic E-state index is 13.3. The zero-order chi connectivity index (χ0) is 24.8. The molecule has 0 saturated carbocycles. The number of fused-ring (bicyclic) bond motifs is 1. The van der Waals surface area contributed by atoms with Crippen molar-refractivity contribution in [2.45, 2.75) is 38.8 Å². The molecule has 3 aromatic rings. The number of nitrogens with one attached hydrogen (secondary N) is 2. The van der Waals surface area contributed by atoms with Crippen molar-refractivity contribution in [1.29, 1.82) is 5.26 Å². The number of nitriles is 1. The van der Waals surface area contributed by atoms with E-state index in [1.165, 1.54) is 11.8 Å². The molecule has 178 valence electrons. The Morgan fingerprint density at radius 1 is 1.26 bits per heavy atom. The van der Waals surface area contributed by atoms with E-state index in [0.717, 1.165) is 34.2 Å². The number of allylic oxidation sites excluding steroid dienone is 2. The Morgan fingerprint density at radius 3 is 2.86 bits per heavy atom. The largest absolute Gasteiger partial charge is 0.490 e. The van der Waals surface area contributed by atoms with Crippen LogP contribution in [0.4, 0.5) is 0 Å². The highest BCUT2D eigenvalue weighted by Crippen LogP contribution is 2.30. The monoisotopic (exact) mass is 485 g/mol. The molecule has 35 heavy (non-hydrogen) atoms. The fraction of sp³-hybridized carbons (Fsp3) is 0.286. The number of aliphatic hydroxyl groups excluding tert-OH is 1. The van der Waals surface area contributed by atoms with Gasteiger partial charge in [-0.2, -0.15) is 5.26 Å². The molecule has 1 amide bonds. The van der Waals surface area contributed by atoms with Gasteiger partial charge in [0, 0.05) is 34.0 Å². The predicted molar refractivity (Wildman–Crippen MR) is 139 cm³/mol. The van der Waals surface area contributed by atoms with Crippen molar-refractivity contribution >= 4 is 28.6 Å². The standard InChI is InChI=1S/C28H27N3O3S/c1-18(2)34-26-10-8-19(7-9-20-11-12-35-27(20)15-29)13-24(26)28(33)31-22(17-32)14-21-16-30-25-6-4-3-5-23(21)25/h3-6,8,10,13,16,18,22,30,32H,11-12,14,17H2,1-2H3,(H,31,33). The number of H-pyrrole nitrogens is 1. The van der Waals surface area contributed by atoms with Crippen molar-refractivity contribution in [3.8, 4) is 23.7 Å². The van der Waals surface area contributed by atoms with Crippen molar-refractivity contribution in [1.82, 2.24) is 10.3 Å². The second-order valence-electron chi connectivity index (χ2n) is 8.56. The Labute approximate surface area is 209 Å². The Morgan fingerprint density at radius 2 is 2.09 bits per heavy atom. The molecule has 1 aliphatic heterocycles. The summed E-state index contributed by atoms with van der Waals surface area (Å²) in [6, 6.07) is 14.9. The second kappa shape index (κ2) is 11.2. The first kappa shape index (κ1) is 24.5. The average Bonchev–Trinajstić information content (AvgIpc) is 3.49. The first-order valence-electron chi connectivity index (χ1n) is 11.5. The van der Waals surface area contributed by atoms with Gasteiger partial charge >= 0.3 is 0 Å². The van der Waals surface area contributed by atoms with Crippen molar-refractivity contribution in [2.75, 3.05) is 12.4 Å². The molecule has 2 aromatic carbocycles. The summed E-state index contributed by atoms with van der Waals surface area (Å²) in [5.41, 5.74) is 3.89. The summed E-state index contributed by atoms with van der Waals surface area (Å²) < 4.78 is 5.88. The number of aromatic amines is 1. The number of nitrogens with zero attached hydrogens (tertiary/aromatic N) is 1. The zero-order valence-electron chi connectivity index (χ0n) is 19.7. The second-order valence-corrected chi connectivity index (χ2v) is 9.67. The average molecular weight is 486 g/mol. The van der Waals surface area contributed by atoms with Gasteiger partial charge in [0.05, 0.1) is 29.2 Å². The van der Waals surface area contributed by atoms with Gasteiger partial charge in [0.2, 0.25) is 0 Å². The van der Waals surface area contributed by atoms with Crippen LogP contribution in [0, 0.1) is 23.2 Å². The molecule has 6 nitrogen and oxygen atoms in total. The maximum atomic E-state index is 13.3. The Hall–Kier alpha value is -3.65. The summed E-state index contributed by atoms with van der Waals surface area (Å²) in [5.74, 6) is 7.17. The number of hydrogen-bond donors (Lipinski definition) is 3. The lowest BCUT2D eigenvalue weighted by Crippen LogP contribution is -2.39. The number of amides is 1. The van der Waals surface area contributed by atoms with E-state index in [1.54, 1.807) is 12.1 Å². The minimum atomic E-state index is -0.470. The minimum absolute atomic E-state index is 0.114. The van der Waals surface area contributed by atoms with Gasteiger partial charge in [0.25, 0.3) is 5.91 Å². The van der Waals surface area contributed by atoms with E-state index >= 15 is 0 Å². The van der Waals surface area contributed by atoms with Gasteiger partial charge in [0.15, 0.2) is 0 Å². The lowest BCUT2D eigenvalue weighted by molar-refractivity contribution is 0.0910. The van der Waals surface area contributed by atoms with Crippen LogP contribution < -0.4 is 10.1 Å². The van der Waals surface area contributed by atoms with E-state index in [9.17, 15) is 15.2 Å². The zero-order valence-corrected chi connectivity index (χ0v) is 20.5. The number of benzene rings is 2. The van der Waals surface area contributed by atoms with E-state index in [-0.39, 0.29) is 18.6 Å². The summed E-state index contributed by atoms with van der Waals surface area (Å²) in [6.45, 7) is 3.60. The number of carbonyl (C=O) groups excluding carboxylic acids is 1. The number of carbonyl (C=O) groups is 1. The molecule has 2 heterocycles. The molecule has 3 N–H and O–H groups in total. The number of rotatable bonds is 7. The van der Waals surface area contributed by atoms with Crippen molar-refractivity contribution in [3.63, 3.8) is 0 Å². The maximum Gasteiger partial charge on any atom is 0.255 e. The van der Waals surface area contributed by atoms with Crippen molar-refractivity contribution < 1.29 is 14.6 Å². The van der Waals surface area contributed by atoms with Gasteiger partial charge in [-0.05, 0) is 56.5 Å². The summed E-state index contributed by atoms with van der Waals surface area (Å²) in [6.07, 6.45) is 3.05. The number of ether oxygens (including phenoxy) is 1. The molecule has 0 fully saturated rings. The van der Waals surface area contributed by atoms with Gasteiger partial charge in [-0.1, -0.05) is 30.0 Å². The van der Waals surface area contributed by atoms with Crippen LogP contribution in [-0.4, -0.2) is 40.5 Å². The lowest BCUT2D eigenvalue weighted by Gasteiger charge is -2.19. The van der Waals surface area contributed by atoms with Crippen LogP contribution in [0.1, 0.15) is 41.8 Å². The van der Waals surface area contributed by atoms with Crippen LogP contribution in [0.2, 0.25) is 0 Å². The van der Waals surface area contributed by atoms with Crippen LogP contribution in [0.15, 0.2) is 59.1 Å². The Bertz CT molecular complexity index is 1370. The molecule has 1 unspecified atom stereocenters. The van der Waals surface area contributed by atoms with Gasteiger partial charge in [-0.15, -0.1) is 11.8 Å². The summed E-state index contributed by atoms with van der Waals surface area (Å²) in [4.78, 5) is 17.2. The summed E-state index contributed by atoms with van der Waals surface area (Å²) in [7, 11) is 0. The molecular formula is C28H27N3O3S. The summed E-state index contributed by atoms with van der Waals surface area (Å²) in [5, 5.41) is 23.3. The van der Waals surface area contributed by atoms with Crippen LogP contribution in [-0.2, 0) is 6.42 Å². The van der Waals surface area contributed by atoms with Crippen molar-refractivity contribution in [2.24, 2.45) is 0 Å². The fourth-order valence-corrected chi connectivity index (χ4v) is 4.86. The van der Waals surface area contributed by atoms with E-state index in [2.05, 4.69) is 28.2 Å². The Kier molecular flexibility index (Phi) is 7.82. The van der Waals surface area contributed by atoms with Gasteiger partial charge in [-0.25, -0.2) is 0 Å². The van der Waals surface area contributed by atoms with E-state index < -0.39 is 6.04 Å². The van der Waals surface area contributed by atoms with Crippen LogP contribution >= 0.6 is 11.8 Å². The SMILES string of the molecule is CC(C)Oc1ccc(C#CC2=C(C#N)SCC2)cc1C(=O)NC(CO)Cc1c[nH]c2ccccc12. The smallest absolute Gasteiger partial charge is 0.255 e. The molecule has 4 rings (SSSR count). The molecule has 0 radical (unpaired) electrons. The van der Waals surface area contributed by atoms with Crippen LogP contribution in [0.3, 0.4) is 0 Å². The molecule has 1 atom stereocenters. The van der Waals surface area contributed by atoms with Crippen molar-refractivity contribution in [3.05, 3.63) is 75.8 Å². The molecule has 7 heteroatoms. The normalized spacial score (nSPS) is 13.9. The molecule has 0 spiro atoms. The quantitative estimate of drug-likeness (QED) is 0.427. The number of aromatic nitrogens is 1. The van der Waals surface area contributed by atoms with Crippen LogP contribution in [0.5, 0.6) is 5.75 Å². The number of aliphatic hydroxyl groups is 1. The van der Waals surface area contributed by atoms with E-state index in [0.29, 0.717) is 28.2 Å². The molecule has 0 saturated heterocycles. The third-order valence-electron chi connectivity index (χ3n) is 5.62. The number of thioether (sulfide) groups is 1. The summed E-state index contributed by atoms with van der Waals surface area (Å²) >= 11 is 1.52. The molecular weight excluding hydrogens is 458 g/mol. The fourth-order valence-electron chi connectivity index (χ4n) is 3.95.